The number of hydrogen-bond donors (Lipinski definition) is 2. The summed E-state index contributed by atoms with van der Waals surface area (Å²) in [6, 6.07) is 0.0977. The molecule has 1 saturated carbocycles. The lowest BCUT2D eigenvalue weighted by Gasteiger charge is -2.19. The summed E-state index contributed by atoms with van der Waals surface area (Å²) in [7, 11) is 0. The summed E-state index contributed by atoms with van der Waals surface area (Å²) in [6.07, 6.45) is 6.59. The molecule has 1 fully saturated rings. The molecule has 7 heteroatoms. The third-order valence-electron chi connectivity index (χ3n) is 4.91. The molecule has 7 nitrogen and oxygen atoms in total. The van der Waals surface area contributed by atoms with E-state index in [2.05, 4.69) is 15.3 Å². The van der Waals surface area contributed by atoms with Crippen molar-refractivity contribution < 1.29 is 4.79 Å². The summed E-state index contributed by atoms with van der Waals surface area (Å²) in [5, 5.41) is 3.91. The van der Waals surface area contributed by atoms with Gasteiger partial charge in [0.2, 0.25) is 5.95 Å². The first-order valence-electron chi connectivity index (χ1n) is 8.91. The second-order valence-corrected chi connectivity index (χ2v) is 6.67. The number of carbonyl (C=O) groups excluding carboxylic acids is 1. The zero-order valence-corrected chi connectivity index (χ0v) is 14.8. The quantitative estimate of drug-likeness (QED) is 0.615. The van der Waals surface area contributed by atoms with Crippen LogP contribution in [0.15, 0.2) is 11.0 Å². The van der Waals surface area contributed by atoms with Gasteiger partial charge < -0.3 is 11.1 Å². The fourth-order valence-electron chi connectivity index (χ4n) is 3.64. The van der Waals surface area contributed by atoms with E-state index in [0.717, 1.165) is 37.5 Å². The normalized spacial score (nSPS) is 15.0. The fraction of sp³-hybridized carbons (Fsp3) is 0.556. The molecule has 134 valence electrons. The summed E-state index contributed by atoms with van der Waals surface area (Å²) in [5.41, 5.74) is 6.82. The largest absolute Gasteiger partial charge is 0.354 e. The number of aryl methyl sites for hydroxylation is 1. The Hall–Kier alpha value is -2.28. The molecule has 0 spiro atoms. The molecular weight excluding hydrogens is 318 g/mol. The van der Waals surface area contributed by atoms with Crippen LogP contribution in [-0.4, -0.2) is 33.4 Å². The summed E-state index contributed by atoms with van der Waals surface area (Å²) in [5.74, 6) is 0.281. The second kappa shape index (κ2) is 7.31. The van der Waals surface area contributed by atoms with Crippen LogP contribution in [0.25, 0.3) is 11.0 Å². The number of pyridine rings is 1. The highest BCUT2D eigenvalue weighted by molar-refractivity contribution is 5.99. The number of nitrogens with zero attached hydrogens (tertiary/aromatic N) is 3. The van der Waals surface area contributed by atoms with E-state index in [1.54, 1.807) is 17.7 Å². The van der Waals surface area contributed by atoms with Crippen molar-refractivity contribution in [2.24, 2.45) is 5.73 Å². The van der Waals surface area contributed by atoms with E-state index in [-0.39, 0.29) is 22.9 Å². The summed E-state index contributed by atoms with van der Waals surface area (Å²) in [6.45, 7) is 4.51. The molecule has 0 aliphatic heterocycles. The van der Waals surface area contributed by atoms with Gasteiger partial charge in [0, 0.05) is 24.2 Å². The molecule has 0 aromatic carbocycles. The molecule has 2 heterocycles. The van der Waals surface area contributed by atoms with Crippen LogP contribution in [0, 0.1) is 6.92 Å². The van der Waals surface area contributed by atoms with Gasteiger partial charge in [-0.1, -0.05) is 12.8 Å². The Kier molecular flexibility index (Phi) is 5.13. The van der Waals surface area contributed by atoms with E-state index in [1.807, 2.05) is 0 Å². The molecule has 0 amide bonds. The van der Waals surface area contributed by atoms with Crippen molar-refractivity contribution in [2.75, 3.05) is 18.4 Å². The Labute approximate surface area is 146 Å². The molecular formula is C18H25N5O2. The van der Waals surface area contributed by atoms with Crippen molar-refractivity contribution in [1.29, 1.82) is 0 Å². The molecule has 3 rings (SSSR count). The zero-order valence-electron chi connectivity index (χ0n) is 14.8. The van der Waals surface area contributed by atoms with E-state index in [4.69, 9.17) is 5.73 Å². The lowest BCUT2D eigenvalue weighted by Crippen LogP contribution is -2.30. The van der Waals surface area contributed by atoms with Gasteiger partial charge in [-0.2, -0.15) is 4.98 Å². The maximum absolute atomic E-state index is 13.0. The highest BCUT2D eigenvalue weighted by Crippen LogP contribution is 2.31. The summed E-state index contributed by atoms with van der Waals surface area (Å²) in [4.78, 5) is 34.1. The van der Waals surface area contributed by atoms with Crippen molar-refractivity contribution in [1.82, 2.24) is 14.5 Å². The van der Waals surface area contributed by atoms with Crippen molar-refractivity contribution >= 4 is 22.8 Å². The standard InChI is InChI=1S/C18H25N5O2/c1-11-14-10-21-18(20-9-5-8-19)22-16(14)23(13-6-3-4-7-13)17(25)15(11)12(2)24/h10,13H,3-9,19H2,1-2H3,(H,20,21,22). The predicted octanol–water partition coefficient (Wildman–Crippen LogP) is 2.18. The number of hydrogen-bond acceptors (Lipinski definition) is 6. The first-order chi connectivity index (χ1) is 12.0. The van der Waals surface area contributed by atoms with Gasteiger partial charge in [0.25, 0.3) is 5.56 Å². The minimum atomic E-state index is -0.226. The van der Waals surface area contributed by atoms with Crippen LogP contribution in [0.2, 0.25) is 0 Å². The summed E-state index contributed by atoms with van der Waals surface area (Å²) >= 11 is 0. The lowest BCUT2D eigenvalue weighted by atomic mass is 10.0. The Bertz CT molecular complexity index is 853. The van der Waals surface area contributed by atoms with Crippen LogP contribution >= 0.6 is 0 Å². The van der Waals surface area contributed by atoms with E-state index in [9.17, 15) is 9.59 Å². The third-order valence-corrected chi connectivity index (χ3v) is 4.91. The monoisotopic (exact) mass is 343 g/mol. The molecule has 0 radical (unpaired) electrons. The van der Waals surface area contributed by atoms with E-state index >= 15 is 0 Å². The van der Waals surface area contributed by atoms with Crippen LogP contribution in [0.4, 0.5) is 5.95 Å². The van der Waals surface area contributed by atoms with Crippen LogP contribution in [0.5, 0.6) is 0 Å². The van der Waals surface area contributed by atoms with Gasteiger partial charge in [0.05, 0.1) is 5.56 Å². The number of nitrogens with one attached hydrogen (secondary N) is 1. The van der Waals surface area contributed by atoms with Crippen molar-refractivity contribution in [2.45, 2.75) is 52.0 Å². The fourth-order valence-corrected chi connectivity index (χ4v) is 3.64. The first-order valence-corrected chi connectivity index (χ1v) is 8.91. The molecule has 1 aliphatic carbocycles. The smallest absolute Gasteiger partial charge is 0.263 e. The average Bonchev–Trinajstić information content (AvgIpc) is 3.09. The number of fused-ring (bicyclic) bond motifs is 1. The van der Waals surface area contributed by atoms with Gasteiger partial charge in [-0.05, 0) is 45.2 Å². The van der Waals surface area contributed by atoms with Gasteiger partial charge in [0.15, 0.2) is 5.78 Å². The molecule has 0 atom stereocenters. The van der Waals surface area contributed by atoms with Crippen LogP contribution < -0.4 is 16.6 Å². The zero-order chi connectivity index (χ0) is 18.0. The van der Waals surface area contributed by atoms with Crippen molar-refractivity contribution in [3.8, 4) is 0 Å². The van der Waals surface area contributed by atoms with Gasteiger partial charge in [-0.3, -0.25) is 14.2 Å². The van der Waals surface area contributed by atoms with E-state index < -0.39 is 0 Å². The van der Waals surface area contributed by atoms with Gasteiger partial charge in [0.1, 0.15) is 5.65 Å². The highest BCUT2D eigenvalue weighted by Gasteiger charge is 2.25. The van der Waals surface area contributed by atoms with Gasteiger partial charge >= 0.3 is 0 Å². The molecule has 2 aromatic rings. The second-order valence-electron chi connectivity index (χ2n) is 6.67. The number of anilines is 1. The SMILES string of the molecule is CC(=O)c1c(C)c2cnc(NCCCN)nc2n(C2CCCC2)c1=O. The number of aromatic nitrogens is 3. The van der Waals surface area contributed by atoms with Gasteiger partial charge in [-0.15, -0.1) is 0 Å². The van der Waals surface area contributed by atoms with Gasteiger partial charge in [-0.25, -0.2) is 4.98 Å². The Balaban J connectivity index is 2.20. The third kappa shape index (κ3) is 3.28. The predicted molar refractivity (Wildman–Crippen MR) is 98.2 cm³/mol. The van der Waals surface area contributed by atoms with Crippen LogP contribution in [0.1, 0.15) is 61.0 Å². The maximum atomic E-state index is 13.0. The minimum Gasteiger partial charge on any atom is -0.354 e. The molecule has 3 N–H and O–H groups in total. The maximum Gasteiger partial charge on any atom is 0.263 e. The highest BCUT2D eigenvalue weighted by atomic mass is 16.1. The topological polar surface area (TPSA) is 103 Å². The van der Waals surface area contributed by atoms with E-state index in [1.165, 1.54) is 6.92 Å². The number of ketones is 1. The number of Topliss-reactive ketones (excluding diaryl/α,β-unsaturated/α-hetero) is 1. The number of rotatable bonds is 6. The number of nitrogens with two attached hydrogens (primary N) is 1. The minimum absolute atomic E-state index is 0.0977. The van der Waals surface area contributed by atoms with Crippen LogP contribution in [0.3, 0.4) is 0 Å². The molecule has 0 unspecified atom stereocenters. The van der Waals surface area contributed by atoms with E-state index in [0.29, 0.717) is 30.2 Å². The first kappa shape index (κ1) is 17.5. The molecule has 0 bridgehead atoms. The Morgan fingerprint density at radius 3 is 2.76 bits per heavy atom. The van der Waals surface area contributed by atoms with Crippen LogP contribution in [-0.2, 0) is 0 Å². The molecule has 0 saturated heterocycles. The van der Waals surface area contributed by atoms with Crippen molar-refractivity contribution in [3.05, 3.63) is 27.7 Å². The molecule has 1 aliphatic rings. The Morgan fingerprint density at radius 1 is 1.40 bits per heavy atom. The molecule has 25 heavy (non-hydrogen) atoms. The number of carbonyl (C=O) groups is 1. The Morgan fingerprint density at radius 2 is 2.12 bits per heavy atom. The lowest BCUT2D eigenvalue weighted by molar-refractivity contribution is 0.101. The summed E-state index contributed by atoms with van der Waals surface area (Å²) < 4.78 is 1.72. The average molecular weight is 343 g/mol. The van der Waals surface area contributed by atoms with Crippen molar-refractivity contribution in [3.63, 3.8) is 0 Å². The molecule has 2 aromatic heterocycles.